The SMILES string of the molecule is O=C1c2c(N3CCOCC3)ccnc2CN1CCc1cc2ccccc2s1. The molecule has 3 aromatic rings. The quantitative estimate of drug-likeness (QED) is 0.698. The maximum absolute atomic E-state index is 13.1. The summed E-state index contributed by atoms with van der Waals surface area (Å²) >= 11 is 1.82. The van der Waals surface area contributed by atoms with E-state index in [9.17, 15) is 4.79 Å². The van der Waals surface area contributed by atoms with Crippen LogP contribution in [0.25, 0.3) is 10.1 Å². The summed E-state index contributed by atoms with van der Waals surface area (Å²) in [6, 6.07) is 12.6. The van der Waals surface area contributed by atoms with E-state index in [-0.39, 0.29) is 5.91 Å². The summed E-state index contributed by atoms with van der Waals surface area (Å²) in [6.45, 7) is 4.40. The van der Waals surface area contributed by atoms with Crippen LogP contribution in [-0.4, -0.2) is 48.6 Å². The molecule has 5 rings (SSSR count). The normalized spacial score (nSPS) is 17.0. The number of morpholine rings is 1. The van der Waals surface area contributed by atoms with Gasteiger partial charge in [0.2, 0.25) is 0 Å². The van der Waals surface area contributed by atoms with Crippen LogP contribution in [0, 0.1) is 0 Å². The van der Waals surface area contributed by atoms with Gasteiger partial charge in [0.05, 0.1) is 36.7 Å². The van der Waals surface area contributed by atoms with Crippen molar-refractivity contribution in [3.8, 4) is 0 Å². The van der Waals surface area contributed by atoms with E-state index in [0.717, 1.165) is 43.0 Å². The van der Waals surface area contributed by atoms with Crippen LogP contribution in [0.5, 0.6) is 0 Å². The van der Waals surface area contributed by atoms with Crippen molar-refractivity contribution in [2.24, 2.45) is 0 Å². The third kappa shape index (κ3) is 3.09. The summed E-state index contributed by atoms with van der Waals surface area (Å²) < 4.78 is 6.75. The number of carbonyl (C=O) groups excluding carboxylic acids is 1. The molecule has 6 heteroatoms. The third-order valence-corrected chi connectivity index (χ3v) is 6.48. The zero-order chi connectivity index (χ0) is 18.2. The molecule has 2 aliphatic heterocycles. The van der Waals surface area contributed by atoms with Gasteiger partial charge in [0.1, 0.15) is 0 Å². The number of thiophene rings is 1. The molecule has 1 amide bonds. The van der Waals surface area contributed by atoms with E-state index >= 15 is 0 Å². The molecule has 2 aliphatic rings. The molecule has 0 N–H and O–H groups in total. The van der Waals surface area contributed by atoms with Crippen LogP contribution in [0.1, 0.15) is 20.9 Å². The standard InChI is InChI=1S/C21H21N3O2S/c25-21-20-17(22-7-5-18(20)23-9-11-26-12-10-23)14-24(21)8-6-16-13-15-3-1-2-4-19(15)27-16/h1-5,7,13H,6,8-12,14H2. The minimum absolute atomic E-state index is 0.112. The lowest BCUT2D eigenvalue weighted by molar-refractivity contribution is 0.0779. The molecule has 27 heavy (non-hydrogen) atoms. The van der Waals surface area contributed by atoms with Crippen LogP contribution in [-0.2, 0) is 17.7 Å². The predicted octanol–water partition coefficient (Wildman–Crippen LogP) is 3.33. The number of rotatable bonds is 4. The highest BCUT2D eigenvalue weighted by Gasteiger charge is 2.32. The maximum atomic E-state index is 13.1. The molecule has 138 valence electrons. The van der Waals surface area contributed by atoms with E-state index in [1.807, 2.05) is 28.5 Å². The number of aromatic nitrogens is 1. The highest BCUT2D eigenvalue weighted by atomic mass is 32.1. The number of hydrogen-bond acceptors (Lipinski definition) is 5. The first-order valence-corrected chi connectivity index (χ1v) is 10.2. The van der Waals surface area contributed by atoms with Gasteiger partial charge in [-0.25, -0.2) is 0 Å². The topological polar surface area (TPSA) is 45.7 Å². The van der Waals surface area contributed by atoms with Gasteiger partial charge in [0, 0.05) is 35.4 Å². The van der Waals surface area contributed by atoms with Gasteiger partial charge in [0.15, 0.2) is 0 Å². The number of amides is 1. The number of nitrogens with zero attached hydrogens (tertiary/aromatic N) is 3. The predicted molar refractivity (Wildman–Crippen MR) is 108 cm³/mol. The zero-order valence-corrected chi connectivity index (χ0v) is 15.9. The highest BCUT2D eigenvalue weighted by molar-refractivity contribution is 7.19. The minimum atomic E-state index is 0.112. The van der Waals surface area contributed by atoms with Crippen LogP contribution < -0.4 is 4.90 Å². The van der Waals surface area contributed by atoms with Crippen molar-refractivity contribution in [2.75, 3.05) is 37.7 Å². The van der Waals surface area contributed by atoms with Gasteiger partial charge in [0.25, 0.3) is 5.91 Å². The number of hydrogen-bond donors (Lipinski definition) is 0. The summed E-state index contributed by atoms with van der Waals surface area (Å²) in [5.41, 5.74) is 2.70. The Hall–Kier alpha value is -2.44. The lowest BCUT2D eigenvalue weighted by Gasteiger charge is -2.30. The second-order valence-corrected chi connectivity index (χ2v) is 8.15. The largest absolute Gasteiger partial charge is 0.378 e. The Labute approximate surface area is 162 Å². The number of pyridine rings is 1. The summed E-state index contributed by atoms with van der Waals surface area (Å²) in [5.74, 6) is 0.112. The summed E-state index contributed by atoms with van der Waals surface area (Å²) in [5, 5.41) is 1.28. The highest BCUT2D eigenvalue weighted by Crippen LogP contribution is 2.31. The van der Waals surface area contributed by atoms with E-state index in [1.165, 1.54) is 15.0 Å². The number of fused-ring (bicyclic) bond motifs is 2. The molecule has 2 aromatic heterocycles. The molecular formula is C21H21N3O2S. The number of ether oxygens (including phenoxy) is 1. The molecule has 0 atom stereocenters. The molecule has 0 bridgehead atoms. The molecule has 4 heterocycles. The molecule has 0 spiro atoms. The number of carbonyl (C=O) groups is 1. The van der Waals surface area contributed by atoms with Gasteiger partial charge in [-0.3, -0.25) is 9.78 Å². The first-order chi connectivity index (χ1) is 13.3. The van der Waals surface area contributed by atoms with Crippen molar-refractivity contribution in [3.63, 3.8) is 0 Å². The van der Waals surface area contributed by atoms with Crippen molar-refractivity contribution >= 4 is 33.0 Å². The van der Waals surface area contributed by atoms with E-state index < -0.39 is 0 Å². The van der Waals surface area contributed by atoms with Crippen LogP contribution in [0.3, 0.4) is 0 Å². The van der Waals surface area contributed by atoms with Crippen LogP contribution in [0.15, 0.2) is 42.6 Å². The fraction of sp³-hybridized carbons (Fsp3) is 0.333. The van der Waals surface area contributed by atoms with Crippen molar-refractivity contribution in [1.82, 2.24) is 9.88 Å². The second kappa shape index (κ2) is 6.94. The molecule has 0 aliphatic carbocycles. The Morgan fingerprint density at radius 1 is 1.15 bits per heavy atom. The number of benzene rings is 1. The smallest absolute Gasteiger partial charge is 0.258 e. The van der Waals surface area contributed by atoms with Crippen molar-refractivity contribution in [1.29, 1.82) is 0 Å². The van der Waals surface area contributed by atoms with Crippen LogP contribution >= 0.6 is 11.3 Å². The van der Waals surface area contributed by atoms with Gasteiger partial charge in [-0.1, -0.05) is 18.2 Å². The molecule has 5 nitrogen and oxygen atoms in total. The van der Waals surface area contributed by atoms with Gasteiger partial charge in [-0.15, -0.1) is 11.3 Å². The fourth-order valence-electron chi connectivity index (χ4n) is 3.91. The third-order valence-electron chi connectivity index (χ3n) is 5.31. The second-order valence-electron chi connectivity index (χ2n) is 6.98. The summed E-state index contributed by atoms with van der Waals surface area (Å²) in [4.78, 5) is 23.1. The molecule has 1 fully saturated rings. The van der Waals surface area contributed by atoms with Gasteiger partial charge in [-0.2, -0.15) is 0 Å². The Kier molecular flexibility index (Phi) is 4.30. The molecule has 1 aromatic carbocycles. The average molecular weight is 379 g/mol. The zero-order valence-electron chi connectivity index (χ0n) is 15.1. The van der Waals surface area contributed by atoms with E-state index in [4.69, 9.17) is 4.74 Å². The Morgan fingerprint density at radius 2 is 2.00 bits per heavy atom. The summed E-state index contributed by atoms with van der Waals surface area (Å²) in [6.07, 6.45) is 2.71. The molecular weight excluding hydrogens is 358 g/mol. The van der Waals surface area contributed by atoms with Crippen LogP contribution in [0.2, 0.25) is 0 Å². The molecule has 0 saturated carbocycles. The van der Waals surface area contributed by atoms with Gasteiger partial charge >= 0.3 is 0 Å². The lowest BCUT2D eigenvalue weighted by Crippen LogP contribution is -2.37. The average Bonchev–Trinajstić information content (AvgIpc) is 3.27. The molecule has 0 unspecified atom stereocenters. The Bertz CT molecular complexity index is 961. The Balaban J connectivity index is 1.34. The fourth-order valence-corrected chi connectivity index (χ4v) is 4.96. The summed E-state index contributed by atoms with van der Waals surface area (Å²) in [7, 11) is 0. The Morgan fingerprint density at radius 3 is 2.85 bits per heavy atom. The van der Waals surface area contributed by atoms with Crippen molar-refractivity contribution in [2.45, 2.75) is 13.0 Å². The number of anilines is 1. The minimum Gasteiger partial charge on any atom is -0.378 e. The van der Waals surface area contributed by atoms with E-state index in [2.05, 4.69) is 40.2 Å². The molecule has 0 radical (unpaired) electrons. The van der Waals surface area contributed by atoms with Crippen molar-refractivity contribution < 1.29 is 9.53 Å². The monoisotopic (exact) mass is 379 g/mol. The molecule has 1 saturated heterocycles. The van der Waals surface area contributed by atoms with Gasteiger partial charge < -0.3 is 14.5 Å². The first-order valence-electron chi connectivity index (χ1n) is 9.37. The van der Waals surface area contributed by atoms with E-state index in [1.54, 1.807) is 0 Å². The van der Waals surface area contributed by atoms with E-state index in [0.29, 0.717) is 19.8 Å². The lowest BCUT2D eigenvalue weighted by atomic mass is 10.1. The maximum Gasteiger partial charge on any atom is 0.258 e. The van der Waals surface area contributed by atoms with Crippen LogP contribution in [0.4, 0.5) is 5.69 Å². The van der Waals surface area contributed by atoms with Crippen molar-refractivity contribution in [3.05, 3.63) is 58.7 Å². The first kappa shape index (κ1) is 16.7. The van der Waals surface area contributed by atoms with Gasteiger partial charge in [-0.05, 0) is 30.0 Å².